The molecule has 0 heterocycles. The Balaban J connectivity index is 2.11. The van der Waals surface area contributed by atoms with E-state index >= 15 is 0 Å². The van der Waals surface area contributed by atoms with Gasteiger partial charge in [-0.1, -0.05) is 49.8 Å². The third kappa shape index (κ3) is 2.38. The molecule has 21 heavy (non-hydrogen) atoms. The maximum Gasteiger partial charge on any atom is 0.130 e. The van der Waals surface area contributed by atoms with Crippen molar-refractivity contribution < 1.29 is 14.9 Å². The lowest BCUT2D eigenvalue weighted by Gasteiger charge is -2.24. The second-order valence-electron chi connectivity index (χ2n) is 5.41. The van der Waals surface area contributed by atoms with Crippen LogP contribution in [0.5, 0.6) is 11.5 Å². The first kappa shape index (κ1) is 14.0. The zero-order valence-corrected chi connectivity index (χ0v) is 12.2. The number of benzene rings is 2. The summed E-state index contributed by atoms with van der Waals surface area (Å²) in [7, 11) is 0. The number of hydrogen-bond acceptors (Lipinski definition) is 3. The van der Waals surface area contributed by atoms with Gasteiger partial charge >= 0.3 is 0 Å². The first-order valence-corrected chi connectivity index (χ1v) is 7.47. The Labute approximate surface area is 124 Å². The van der Waals surface area contributed by atoms with Gasteiger partial charge in [0.2, 0.25) is 0 Å². The van der Waals surface area contributed by atoms with E-state index in [1.54, 1.807) is 0 Å². The van der Waals surface area contributed by atoms with E-state index in [9.17, 15) is 10.2 Å². The summed E-state index contributed by atoms with van der Waals surface area (Å²) < 4.78 is 5.88. The molecule has 0 saturated heterocycles. The highest BCUT2D eigenvalue weighted by Gasteiger charge is 2.26. The zero-order valence-electron chi connectivity index (χ0n) is 12.2. The standard InChI is InChI=1S/C18H20O3/c1-2-3-11-21-15-10-6-9-14-16(15)18(20)13-8-5-4-7-12(13)17(14)19/h4-8,10,15,19-20H,2-3,9,11H2,1H3. The molecule has 1 atom stereocenters. The number of unbranched alkanes of at least 4 members (excludes halogenated alkanes) is 1. The molecular formula is C18H20O3. The molecule has 2 N–H and O–H groups in total. The molecule has 0 saturated carbocycles. The molecule has 110 valence electrons. The van der Waals surface area contributed by atoms with Gasteiger partial charge in [-0.3, -0.25) is 0 Å². The van der Waals surface area contributed by atoms with E-state index < -0.39 is 0 Å². The van der Waals surface area contributed by atoms with Crippen molar-refractivity contribution in [1.82, 2.24) is 0 Å². The highest BCUT2D eigenvalue weighted by atomic mass is 16.5. The predicted octanol–water partition coefficient (Wildman–Crippen LogP) is 4.22. The number of phenolic OH excluding ortho intramolecular Hbond substituents is 2. The fourth-order valence-electron chi connectivity index (χ4n) is 2.89. The predicted molar refractivity (Wildman–Crippen MR) is 83.7 cm³/mol. The fraction of sp³-hybridized carbons (Fsp3) is 0.333. The molecule has 0 amide bonds. The number of fused-ring (bicyclic) bond motifs is 2. The number of hydrogen-bond donors (Lipinski definition) is 2. The third-order valence-corrected chi connectivity index (χ3v) is 4.02. The van der Waals surface area contributed by atoms with Gasteiger partial charge in [-0.15, -0.1) is 0 Å². The van der Waals surface area contributed by atoms with Gasteiger partial charge in [0.25, 0.3) is 0 Å². The quantitative estimate of drug-likeness (QED) is 0.502. The summed E-state index contributed by atoms with van der Waals surface area (Å²) in [5.74, 6) is 0.482. The lowest BCUT2D eigenvalue weighted by molar-refractivity contribution is 0.0795. The summed E-state index contributed by atoms with van der Waals surface area (Å²) in [6, 6.07) is 7.38. The van der Waals surface area contributed by atoms with Crippen molar-refractivity contribution in [3.8, 4) is 11.5 Å². The van der Waals surface area contributed by atoms with Crippen molar-refractivity contribution in [1.29, 1.82) is 0 Å². The number of ether oxygens (including phenoxy) is 1. The van der Waals surface area contributed by atoms with Gasteiger partial charge in [-0.25, -0.2) is 0 Å². The lowest BCUT2D eigenvalue weighted by Crippen LogP contribution is -2.10. The Morgan fingerprint density at radius 3 is 2.57 bits per heavy atom. The molecule has 2 aromatic carbocycles. The second-order valence-corrected chi connectivity index (χ2v) is 5.41. The summed E-state index contributed by atoms with van der Waals surface area (Å²) in [6.07, 6.45) is 6.35. The minimum Gasteiger partial charge on any atom is -0.507 e. The Kier molecular flexibility index (Phi) is 3.84. The topological polar surface area (TPSA) is 49.7 Å². The van der Waals surface area contributed by atoms with Crippen LogP contribution >= 0.6 is 0 Å². The van der Waals surface area contributed by atoms with Gasteiger partial charge in [0.05, 0.1) is 0 Å². The summed E-state index contributed by atoms with van der Waals surface area (Å²) in [4.78, 5) is 0. The Hall–Kier alpha value is -2.00. The molecule has 0 spiro atoms. The summed E-state index contributed by atoms with van der Waals surface area (Å²) >= 11 is 0. The molecule has 1 aliphatic rings. The molecule has 0 bridgehead atoms. The monoisotopic (exact) mass is 284 g/mol. The zero-order chi connectivity index (χ0) is 14.8. The average Bonchev–Trinajstić information content (AvgIpc) is 2.53. The van der Waals surface area contributed by atoms with Crippen molar-refractivity contribution in [2.45, 2.75) is 32.3 Å². The molecule has 0 aliphatic heterocycles. The van der Waals surface area contributed by atoms with Crippen LogP contribution in [0.3, 0.4) is 0 Å². The van der Waals surface area contributed by atoms with Gasteiger partial charge in [0.1, 0.15) is 17.6 Å². The SMILES string of the molecule is CCCCOC1C=CCc2c1c(O)c1ccccc1c2O. The van der Waals surface area contributed by atoms with Crippen molar-refractivity contribution >= 4 is 10.8 Å². The van der Waals surface area contributed by atoms with E-state index in [0.717, 1.165) is 18.4 Å². The van der Waals surface area contributed by atoms with Crippen LogP contribution in [-0.2, 0) is 11.2 Å². The smallest absolute Gasteiger partial charge is 0.130 e. The number of allylic oxidation sites excluding steroid dienone is 1. The molecule has 3 heteroatoms. The van der Waals surface area contributed by atoms with Crippen LogP contribution in [0.1, 0.15) is 37.0 Å². The van der Waals surface area contributed by atoms with Gasteiger partial charge in [0.15, 0.2) is 0 Å². The third-order valence-electron chi connectivity index (χ3n) is 4.02. The molecule has 1 unspecified atom stereocenters. The van der Waals surface area contributed by atoms with Crippen LogP contribution in [-0.4, -0.2) is 16.8 Å². The van der Waals surface area contributed by atoms with Crippen molar-refractivity contribution in [2.24, 2.45) is 0 Å². The minimum absolute atomic E-state index is 0.226. The molecule has 2 aromatic rings. The lowest BCUT2D eigenvalue weighted by atomic mass is 9.89. The van der Waals surface area contributed by atoms with Crippen LogP contribution in [0.25, 0.3) is 10.8 Å². The maximum absolute atomic E-state index is 10.6. The second kappa shape index (κ2) is 5.78. The normalized spacial score (nSPS) is 17.1. The Morgan fingerprint density at radius 2 is 1.86 bits per heavy atom. The molecule has 0 aromatic heterocycles. The largest absolute Gasteiger partial charge is 0.507 e. The van der Waals surface area contributed by atoms with Crippen LogP contribution < -0.4 is 0 Å². The van der Waals surface area contributed by atoms with E-state index in [1.165, 1.54) is 0 Å². The van der Waals surface area contributed by atoms with Crippen LogP contribution in [0.4, 0.5) is 0 Å². The van der Waals surface area contributed by atoms with Crippen LogP contribution in [0, 0.1) is 0 Å². The van der Waals surface area contributed by atoms with Gasteiger partial charge in [0, 0.05) is 28.5 Å². The van der Waals surface area contributed by atoms with E-state index in [0.29, 0.717) is 29.4 Å². The highest BCUT2D eigenvalue weighted by molar-refractivity contribution is 5.96. The number of rotatable bonds is 4. The highest BCUT2D eigenvalue weighted by Crippen LogP contribution is 2.45. The van der Waals surface area contributed by atoms with Crippen LogP contribution in [0.2, 0.25) is 0 Å². The maximum atomic E-state index is 10.6. The molecule has 0 fully saturated rings. The number of phenols is 2. The Morgan fingerprint density at radius 1 is 1.14 bits per heavy atom. The fourth-order valence-corrected chi connectivity index (χ4v) is 2.89. The van der Waals surface area contributed by atoms with Crippen molar-refractivity contribution in [3.05, 3.63) is 47.5 Å². The average molecular weight is 284 g/mol. The van der Waals surface area contributed by atoms with Gasteiger partial charge < -0.3 is 14.9 Å². The Bertz CT molecular complexity index is 688. The van der Waals surface area contributed by atoms with Crippen molar-refractivity contribution in [3.63, 3.8) is 0 Å². The minimum atomic E-state index is -0.282. The molecule has 3 rings (SSSR count). The number of aromatic hydroxyl groups is 2. The van der Waals surface area contributed by atoms with Crippen LogP contribution in [0.15, 0.2) is 36.4 Å². The summed E-state index contributed by atoms with van der Waals surface area (Å²) in [6.45, 7) is 2.77. The van der Waals surface area contributed by atoms with Gasteiger partial charge in [-0.2, -0.15) is 0 Å². The van der Waals surface area contributed by atoms with E-state index in [1.807, 2.05) is 36.4 Å². The first-order chi connectivity index (χ1) is 10.2. The molecular weight excluding hydrogens is 264 g/mol. The molecule has 0 radical (unpaired) electrons. The first-order valence-electron chi connectivity index (χ1n) is 7.47. The summed E-state index contributed by atoms with van der Waals surface area (Å²) in [5, 5.41) is 22.5. The molecule has 1 aliphatic carbocycles. The molecule has 3 nitrogen and oxygen atoms in total. The van der Waals surface area contributed by atoms with E-state index in [-0.39, 0.29) is 17.6 Å². The van der Waals surface area contributed by atoms with Crippen molar-refractivity contribution in [2.75, 3.05) is 6.61 Å². The van der Waals surface area contributed by atoms with E-state index in [2.05, 4.69) is 6.92 Å². The van der Waals surface area contributed by atoms with E-state index in [4.69, 9.17) is 4.74 Å². The van der Waals surface area contributed by atoms with Gasteiger partial charge in [-0.05, 0) is 12.8 Å². The summed E-state index contributed by atoms with van der Waals surface area (Å²) in [5.41, 5.74) is 1.49.